The van der Waals surface area contributed by atoms with Gasteiger partial charge in [0.15, 0.2) is 0 Å². The van der Waals surface area contributed by atoms with E-state index in [1.807, 2.05) is 0 Å². The van der Waals surface area contributed by atoms with E-state index in [1.165, 1.54) is 18.3 Å². The number of esters is 1. The molecule has 0 heterocycles. The first-order valence-electron chi connectivity index (χ1n) is 10.1. The van der Waals surface area contributed by atoms with Crippen LogP contribution in [-0.2, 0) is 9.53 Å². The van der Waals surface area contributed by atoms with E-state index < -0.39 is 17.1 Å². The lowest BCUT2D eigenvalue weighted by Crippen LogP contribution is -2.62. The van der Waals surface area contributed by atoms with E-state index in [9.17, 15) is 20.1 Å². The molecule has 6 atom stereocenters. The molecule has 0 unspecified atom stereocenters. The van der Waals surface area contributed by atoms with E-state index in [2.05, 4.69) is 6.92 Å². The first kappa shape index (κ1) is 18.5. The molecule has 0 radical (unpaired) electrons. The van der Waals surface area contributed by atoms with Gasteiger partial charge in [-0.05, 0) is 57.3 Å². The molecule has 4 aliphatic rings. The average Bonchev–Trinajstić information content (AvgIpc) is 2.97. The van der Waals surface area contributed by atoms with Gasteiger partial charge in [-0.3, -0.25) is 4.79 Å². The van der Waals surface area contributed by atoms with Crippen molar-refractivity contribution in [2.75, 3.05) is 13.7 Å². The minimum absolute atomic E-state index is 0.0329. The second-order valence-electron chi connectivity index (χ2n) is 9.37. The van der Waals surface area contributed by atoms with Crippen molar-refractivity contribution in [3.8, 4) is 0 Å². The lowest BCUT2D eigenvalue weighted by atomic mass is 9.46. The Morgan fingerprint density at radius 2 is 1.96 bits per heavy atom. The molecule has 5 heteroatoms. The zero-order valence-corrected chi connectivity index (χ0v) is 16.0. The number of fused-ring (bicyclic) bond motifs is 4. The van der Waals surface area contributed by atoms with Gasteiger partial charge in [-0.25, -0.2) is 0 Å². The Kier molecular flexibility index (Phi) is 4.29. The second kappa shape index (κ2) is 6.05. The average molecular weight is 364 g/mol. The quantitative estimate of drug-likeness (QED) is 0.517. The van der Waals surface area contributed by atoms with Gasteiger partial charge in [0.1, 0.15) is 0 Å². The number of carbonyl (C=O) groups is 1. The van der Waals surface area contributed by atoms with Crippen LogP contribution >= 0.6 is 0 Å². The fourth-order valence-electron chi connectivity index (χ4n) is 7.12. The lowest BCUT2D eigenvalue weighted by Gasteiger charge is -2.61. The van der Waals surface area contributed by atoms with E-state index in [4.69, 9.17) is 4.74 Å². The summed E-state index contributed by atoms with van der Waals surface area (Å²) < 4.78 is 5.07. The molecule has 146 valence electrons. The maximum Gasteiger partial charge on any atom is 0.309 e. The van der Waals surface area contributed by atoms with E-state index in [0.29, 0.717) is 25.7 Å². The summed E-state index contributed by atoms with van der Waals surface area (Å²) >= 11 is 0. The van der Waals surface area contributed by atoms with Crippen LogP contribution in [0.2, 0.25) is 0 Å². The largest absolute Gasteiger partial charge is 0.469 e. The third-order valence-electron chi connectivity index (χ3n) is 8.57. The van der Waals surface area contributed by atoms with Crippen LogP contribution in [-0.4, -0.2) is 46.7 Å². The molecule has 0 amide bonds. The highest BCUT2D eigenvalue weighted by atomic mass is 16.5. The molecule has 0 bridgehead atoms. The molecule has 3 saturated carbocycles. The summed E-state index contributed by atoms with van der Waals surface area (Å²) in [5.41, 5.74) is 1.12. The van der Waals surface area contributed by atoms with Crippen LogP contribution in [0.4, 0.5) is 0 Å². The van der Waals surface area contributed by atoms with Crippen LogP contribution in [0.3, 0.4) is 0 Å². The number of aliphatic hydroxyl groups is 3. The topological polar surface area (TPSA) is 87.0 Å². The van der Waals surface area contributed by atoms with E-state index in [-0.39, 0.29) is 29.8 Å². The van der Waals surface area contributed by atoms with Crippen LogP contribution in [0, 0.1) is 22.7 Å². The highest BCUT2D eigenvalue weighted by Crippen LogP contribution is 2.65. The molecular formula is C21H32O5. The van der Waals surface area contributed by atoms with Crippen molar-refractivity contribution in [3.05, 3.63) is 11.1 Å². The third-order valence-corrected chi connectivity index (χ3v) is 8.57. The molecular weight excluding hydrogens is 332 g/mol. The Labute approximate surface area is 155 Å². The molecule has 3 N–H and O–H groups in total. The third kappa shape index (κ3) is 2.23. The van der Waals surface area contributed by atoms with Crippen LogP contribution in [0.25, 0.3) is 0 Å². The van der Waals surface area contributed by atoms with Gasteiger partial charge < -0.3 is 20.1 Å². The Morgan fingerprint density at radius 3 is 2.65 bits per heavy atom. The molecule has 0 saturated heterocycles. The zero-order valence-electron chi connectivity index (χ0n) is 16.0. The molecule has 0 aromatic heterocycles. The van der Waals surface area contributed by atoms with Gasteiger partial charge in [-0.2, -0.15) is 0 Å². The standard InChI is InChI=1S/C21H32O5/c1-19-8-7-16-14(15(19)3-4-17(19)18(24)26-2)6-10-21(25)11-13(23)5-9-20(16,21)12-22/h13,16-17,22-23,25H,3-12H2,1-2H3/t13-,16-,17+,19+,20+,21+/m1/s1. The fraction of sp³-hybridized carbons (Fsp3) is 0.857. The number of ether oxygens (including phenoxy) is 1. The number of carbonyl (C=O) groups excluding carboxylic acids is 1. The summed E-state index contributed by atoms with van der Waals surface area (Å²) in [7, 11) is 1.47. The molecule has 0 aromatic carbocycles. The number of hydrogen-bond donors (Lipinski definition) is 3. The van der Waals surface area contributed by atoms with Crippen molar-refractivity contribution in [2.24, 2.45) is 22.7 Å². The number of allylic oxidation sites excluding steroid dienone is 2. The predicted molar refractivity (Wildman–Crippen MR) is 96.2 cm³/mol. The monoisotopic (exact) mass is 364 g/mol. The molecule has 0 aliphatic heterocycles. The van der Waals surface area contributed by atoms with Crippen molar-refractivity contribution >= 4 is 5.97 Å². The number of rotatable bonds is 2. The summed E-state index contributed by atoms with van der Waals surface area (Å²) in [5.74, 6) is -0.0141. The molecule has 0 aromatic rings. The van der Waals surface area contributed by atoms with Crippen LogP contribution in [0.5, 0.6) is 0 Å². The SMILES string of the molecule is COC(=O)[C@@H]1CCC2=C3CC[C@]4(O)C[C@H](O)CC[C@]4(CO)[C@@H]3CC[C@@]21C. The number of hydrogen-bond acceptors (Lipinski definition) is 5. The van der Waals surface area contributed by atoms with Gasteiger partial charge in [0.2, 0.25) is 0 Å². The van der Waals surface area contributed by atoms with Gasteiger partial charge in [0.25, 0.3) is 0 Å². The summed E-state index contributed by atoms with van der Waals surface area (Å²) in [6, 6.07) is 0. The van der Waals surface area contributed by atoms with Crippen molar-refractivity contribution in [1.29, 1.82) is 0 Å². The van der Waals surface area contributed by atoms with Gasteiger partial charge >= 0.3 is 5.97 Å². The van der Waals surface area contributed by atoms with E-state index in [0.717, 1.165) is 32.1 Å². The van der Waals surface area contributed by atoms with E-state index in [1.54, 1.807) is 0 Å². The molecule has 26 heavy (non-hydrogen) atoms. The minimum Gasteiger partial charge on any atom is -0.469 e. The summed E-state index contributed by atoms with van der Waals surface area (Å²) in [5, 5.41) is 32.0. The fourth-order valence-corrected chi connectivity index (χ4v) is 7.12. The molecule has 3 fully saturated rings. The van der Waals surface area contributed by atoms with Crippen molar-refractivity contribution < 1.29 is 24.9 Å². The number of aliphatic hydroxyl groups excluding tert-OH is 2. The van der Waals surface area contributed by atoms with Gasteiger partial charge in [-0.1, -0.05) is 18.1 Å². The summed E-state index contributed by atoms with van der Waals surface area (Å²) in [4.78, 5) is 12.3. The second-order valence-corrected chi connectivity index (χ2v) is 9.37. The maximum atomic E-state index is 12.3. The lowest BCUT2D eigenvalue weighted by molar-refractivity contribution is -0.199. The van der Waals surface area contributed by atoms with E-state index >= 15 is 0 Å². The first-order valence-corrected chi connectivity index (χ1v) is 10.1. The Hall–Kier alpha value is -0.910. The van der Waals surface area contributed by atoms with Crippen molar-refractivity contribution in [3.63, 3.8) is 0 Å². The smallest absolute Gasteiger partial charge is 0.309 e. The minimum atomic E-state index is -0.984. The molecule has 4 rings (SSSR count). The van der Waals surface area contributed by atoms with Crippen LogP contribution < -0.4 is 0 Å². The molecule has 5 nitrogen and oxygen atoms in total. The van der Waals surface area contributed by atoms with Crippen molar-refractivity contribution in [2.45, 2.75) is 76.4 Å². The Morgan fingerprint density at radius 1 is 1.19 bits per heavy atom. The first-order chi connectivity index (χ1) is 12.3. The van der Waals surface area contributed by atoms with Gasteiger partial charge in [0, 0.05) is 17.3 Å². The normalized spacial score (nSPS) is 47.8. The highest BCUT2D eigenvalue weighted by molar-refractivity contribution is 5.75. The number of methoxy groups -OCH3 is 1. The zero-order chi connectivity index (χ0) is 18.7. The van der Waals surface area contributed by atoms with Crippen LogP contribution in [0.1, 0.15) is 64.7 Å². The van der Waals surface area contributed by atoms with Gasteiger partial charge in [-0.15, -0.1) is 0 Å². The highest BCUT2D eigenvalue weighted by Gasteiger charge is 2.63. The van der Waals surface area contributed by atoms with Gasteiger partial charge in [0.05, 0.1) is 31.3 Å². The van der Waals surface area contributed by atoms with Crippen molar-refractivity contribution in [1.82, 2.24) is 0 Å². The predicted octanol–water partition coefficient (Wildman–Crippen LogP) is 2.33. The molecule has 4 aliphatic carbocycles. The van der Waals surface area contributed by atoms with Crippen LogP contribution in [0.15, 0.2) is 11.1 Å². The Bertz CT molecular complexity index is 642. The summed E-state index contributed by atoms with van der Waals surface area (Å²) in [6.45, 7) is 2.17. The maximum absolute atomic E-state index is 12.3. The molecule has 0 spiro atoms. The Balaban J connectivity index is 1.76. The summed E-state index contributed by atoms with van der Waals surface area (Å²) in [6.07, 6.45) is 6.16.